The molecule has 2 aromatic rings. The van der Waals surface area contributed by atoms with Gasteiger partial charge in [0.05, 0.1) is 12.0 Å². The lowest BCUT2D eigenvalue weighted by Gasteiger charge is -1.93. The third-order valence-electron chi connectivity index (χ3n) is 1.71. The minimum absolute atomic E-state index is 0.0226. The Balaban J connectivity index is 3.03. The first-order valence-electron chi connectivity index (χ1n) is 3.48. The van der Waals surface area contributed by atoms with E-state index in [1.54, 1.807) is 7.05 Å². The van der Waals surface area contributed by atoms with Crippen LogP contribution in [0.25, 0.3) is 10.2 Å². The molecule has 62 valence electrons. The van der Waals surface area contributed by atoms with Gasteiger partial charge in [-0.25, -0.2) is 4.98 Å². The molecule has 2 aromatic heterocycles. The number of aromatic nitrogens is 3. The summed E-state index contributed by atoms with van der Waals surface area (Å²) in [6, 6.07) is 0. The lowest BCUT2D eigenvalue weighted by Crippen LogP contribution is -2.15. The van der Waals surface area contributed by atoms with Crippen molar-refractivity contribution in [1.82, 2.24) is 13.9 Å². The van der Waals surface area contributed by atoms with Crippen LogP contribution < -0.4 is 5.56 Å². The van der Waals surface area contributed by atoms with Crippen molar-refractivity contribution in [3.05, 3.63) is 22.4 Å². The van der Waals surface area contributed by atoms with Gasteiger partial charge in [-0.2, -0.15) is 4.37 Å². The second kappa shape index (κ2) is 2.38. The van der Waals surface area contributed by atoms with E-state index in [1.165, 1.54) is 22.4 Å². The zero-order valence-corrected chi connectivity index (χ0v) is 7.55. The highest BCUT2D eigenvalue weighted by atomic mass is 32.1. The minimum atomic E-state index is -0.0226. The zero-order valence-electron chi connectivity index (χ0n) is 6.74. The molecule has 0 N–H and O–H groups in total. The molecule has 0 fully saturated rings. The maximum atomic E-state index is 11.4. The Labute approximate surface area is 72.7 Å². The summed E-state index contributed by atoms with van der Waals surface area (Å²) in [6.07, 6.45) is 1.52. The Bertz CT molecular complexity index is 485. The predicted molar refractivity (Wildman–Crippen MR) is 47.4 cm³/mol. The quantitative estimate of drug-likeness (QED) is 0.601. The molecule has 4 nitrogen and oxygen atoms in total. The molecule has 0 atom stereocenters. The third kappa shape index (κ3) is 0.863. The van der Waals surface area contributed by atoms with E-state index in [2.05, 4.69) is 9.36 Å². The Kier molecular flexibility index (Phi) is 1.47. The summed E-state index contributed by atoms with van der Waals surface area (Å²) in [4.78, 5) is 15.5. The van der Waals surface area contributed by atoms with E-state index in [0.717, 1.165) is 11.2 Å². The largest absolute Gasteiger partial charge is 0.301 e. The lowest BCUT2D eigenvalue weighted by molar-refractivity contribution is 0.844. The van der Waals surface area contributed by atoms with Crippen molar-refractivity contribution in [2.45, 2.75) is 6.92 Å². The molecule has 0 saturated heterocycles. The molecule has 2 heterocycles. The highest BCUT2D eigenvalue weighted by Crippen LogP contribution is 2.14. The molecule has 0 radical (unpaired) electrons. The van der Waals surface area contributed by atoms with E-state index < -0.39 is 0 Å². The predicted octanol–water partition coefficient (Wildman–Crippen LogP) is 0.698. The van der Waals surface area contributed by atoms with Crippen molar-refractivity contribution >= 4 is 21.7 Å². The summed E-state index contributed by atoms with van der Waals surface area (Å²) < 4.78 is 6.16. The lowest BCUT2D eigenvalue weighted by atomic mass is 10.4. The maximum Gasteiger partial charge on any atom is 0.272 e. The van der Waals surface area contributed by atoms with Crippen LogP contribution in [0.15, 0.2) is 11.1 Å². The van der Waals surface area contributed by atoms with Crippen LogP contribution in [0.2, 0.25) is 0 Å². The Hall–Kier alpha value is -1.23. The van der Waals surface area contributed by atoms with Crippen LogP contribution in [0.4, 0.5) is 0 Å². The van der Waals surface area contributed by atoms with Crippen molar-refractivity contribution in [1.29, 1.82) is 0 Å². The summed E-state index contributed by atoms with van der Waals surface area (Å²) in [5.41, 5.74) is 1.53. The summed E-state index contributed by atoms with van der Waals surface area (Å²) in [7, 11) is 1.68. The standard InChI is InChI=1S/C7H7N3OS/c1-4-5-6(12-9-4)7(11)10(2)3-8-5/h3H,1-2H3. The SMILES string of the molecule is Cc1nsc2c(=O)n(C)cnc12. The van der Waals surface area contributed by atoms with Gasteiger partial charge in [-0.1, -0.05) is 0 Å². The summed E-state index contributed by atoms with van der Waals surface area (Å²) in [5, 5.41) is 0. The van der Waals surface area contributed by atoms with E-state index in [1.807, 2.05) is 6.92 Å². The zero-order chi connectivity index (χ0) is 8.72. The summed E-state index contributed by atoms with van der Waals surface area (Å²) in [6.45, 7) is 1.85. The molecular weight excluding hydrogens is 174 g/mol. The van der Waals surface area contributed by atoms with Gasteiger partial charge in [0, 0.05) is 7.05 Å². The van der Waals surface area contributed by atoms with Crippen molar-refractivity contribution in [3.8, 4) is 0 Å². The fraction of sp³-hybridized carbons (Fsp3) is 0.286. The highest BCUT2D eigenvalue weighted by Gasteiger charge is 2.06. The first-order valence-corrected chi connectivity index (χ1v) is 4.25. The second-order valence-electron chi connectivity index (χ2n) is 2.61. The molecule has 0 saturated carbocycles. The Morgan fingerprint density at radius 2 is 2.33 bits per heavy atom. The van der Waals surface area contributed by atoms with Gasteiger partial charge in [0.2, 0.25) is 0 Å². The molecule has 0 aliphatic rings. The molecule has 2 rings (SSSR count). The summed E-state index contributed by atoms with van der Waals surface area (Å²) >= 11 is 1.21. The van der Waals surface area contributed by atoms with Gasteiger partial charge >= 0.3 is 0 Å². The average Bonchev–Trinajstić information content (AvgIpc) is 2.41. The third-order valence-corrected chi connectivity index (χ3v) is 2.62. The van der Waals surface area contributed by atoms with Crippen LogP contribution in [0.3, 0.4) is 0 Å². The van der Waals surface area contributed by atoms with Gasteiger partial charge in [0.1, 0.15) is 10.2 Å². The molecule has 0 bridgehead atoms. The van der Waals surface area contributed by atoms with E-state index in [-0.39, 0.29) is 5.56 Å². The fourth-order valence-electron chi connectivity index (χ4n) is 1.01. The van der Waals surface area contributed by atoms with Gasteiger partial charge in [0.25, 0.3) is 5.56 Å². The number of nitrogens with zero attached hydrogens (tertiary/aromatic N) is 3. The number of fused-ring (bicyclic) bond motifs is 1. The fourth-order valence-corrected chi connectivity index (χ4v) is 1.84. The smallest absolute Gasteiger partial charge is 0.272 e. The number of rotatable bonds is 0. The second-order valence-corrected chi connectivity index (χ2v) is 3.38. The number of hydrogen-bond acceptors (Lipinski definition) is 4. The summed E-state index contributed by atoms with van der Waals surface area (Å²) in [5.74, 6) is 0. The molecule has 0 aliphatic heterocycles. The molecule has 0 unspecified atom stereocenters. The topological polar surface area (TPSA) is 47.8 Å². The van der Waals surface area contributed by atoms with E-state index in [9.17, 15) is 4.79 Å². The van der Waals surface area contributed by atoms with Crippen LogP contribution in [0, 0.1) is 6.92 Å². The molecule has 0 amide bonds. The van der Waals surface area contributed by atoms with E-state index in [0.29, 0.717) is 4.70 Å². The average molecular weight is 181 g/mol. The van der Waals surface area contributed by atoms with Crippen LogP contribution in [0.1, 0.15) is 5.69 Å². The van der Waals surface area contributed by atoms with Crippen LogP contribution in [-0.2, 0) is 7.05 Å². The number of hydrogen-bond donors (Lipinski definition) is 0. The maximum absolute atomic E-state index is 11.4. The molecular formula is C7H7N3OS. The van der Waals surface area contributed by atoms with Crippen molar-refractivity contribution < 1.29 is 0 Å². The van der Waals surface area contributed by atoms with Crippen LogP contribution in [-0.4, -0.2) is 13.9 Å². The molecule has 0 aromatic carbocycles. The normalized spacial score (nSPS) is 10.8. The van der Waals surface area contributed by atoms with Gasteiger partial charge in [-0.05, 0) is 18.5 Å². The van der Waals surface area contributed by atoms with Crippen molar-refractivity contribution in [3.63, 3.8) is 0 Å². The van der Waals surface area contributed by atoms with Gasteiger partial charge < -0.3 is 4.57 Å². The van der Waals surface area contributed by atoms with E-state index in [4.69, 9.17) is 0 Å². The van der Waals surface area contributed by atoms with Crippen LogP contribution in [0.5, 0.6) is 0 Å². The van der Waals surface area contributed by atoms with Gasteiger partial charge in [-0.15, -0.1) is 0 Å². The highest BCUT2D eigenvalue weighted by molar-refractivity contribution is 7.13. The minimum Gasteiger partial charge on any atom is -0.301 e. The molecule has 5 heteroatoms. The first kappa shape index (κ1) is 7.42. The van der Waals surface area contributed by atoms with Gasteiger partial charge in [0.15, 0.2) is 0 Å². The van der Waals surface area contributed by atoms with Crippen LogP contribution >= 0.6 is 11.5 Å². The first-order chi connectivity index (χ1) is 5.70. The van der Waals surface area contributed by atoms with E-state index >= 15 is 0 Å². The van der Waals surface area contributed by atoms with Gasteiger partial charge in [-0.3, -0.25) is 4.79 Å². The van der Waals surface area contributed by atoms with Crippen molar-refractivity contribution in [2.24, 2.45) is 7.05 Å². The molecule has 0 spiro atoms. The molecule has 0 aliphatic carbocycles. The Morgan fingerprint density at radius 3 is 3.08 bits per heavy atom. The Morgan fingerprint density at radius 1 is 1.58 bits per heavy atom. The van der Waals surface area contributed by atoms with Crippen molar-refractivity contribution in [2.75, 3.05) is 0 Å². The monoisotopic (exact) mass is 181 g/mol. The number of aryl methyl sites for hydroxylation is 2. The molecule has 12 heavy (non-hydrogen) atoms.